The molecule has 1 aromatic rings. The van der Waals surface area contributed by atoms with Gasteiger partial charge in [-0.1, -0.05) is 43.3 Å². The van der Waals surface area contributed by atoms with E-state index in [4.69, 9.17) is 0 Å². The number of carbonyl (C=O) groups is 4. The molecule has 2 aliphatic rings. The molecule has 0 aromatic heterocycles. The monoisotopic (exact) mass is 439 g/mol. The summed E-state index contributed by atoms with van der Waals surface area (Å²) in [5.41, 5.74) is 1.99. The number of carbonyl (C=O) groups excluding carboxylic acids is 4. The van der Waals surface area contributed by atoms with E-state index >= 15 is 0 Å². The number of imide groups is 1. The second-order valence-corrected chi connectivity index (χ2v) is 8.65. The Morgan fingerprint density at radius 3 is 2.34 bits per heavy atom. The number of likely N-dealkylation sites (tertiary alicyclic amines) is 1. The Kier molecular flexibility index (Phi) is 7.83. The molecule has 0 saturated carbocycles. The SMILES string of the molecule is CCCNC(=O)[C@H](C)N(Cc1ccccc1C)C(=O)CCN1C(=O)[C@H]2CC=CC[C@H]2C1=O. The van der Waals surface area contributed by atoms with Gasteiger partial charge in [0.15, 0.2) is 0 Å². The van der Waals surface area contributed by atoms with Gasteiger partial charge in [-0.25, -0.2) is 0 Å². The summed E-state index contributed by atoms with van der Waals surface area (Å²) in [4.78, 5) is 54.1. The smallest absolute Gasteiger partial charge is 0.242 e. The largest absolute Gasteiger partial charge is 0.354 e. The van der Waals surface area contributed by atoms with E-state index in [0.29, 0.717) is 25.9 Å². The average Bonchev–Trinajstić information content (AvgIpc) is 3.04. The first-order chi connectivity index (χ1) is 15.3. The fourth-order valence-corrected chi connectivity index (χ4v) is 4.39. The molecule has 1 saturated heterocycles. The predicted octanol–water partition coefficient (Wildman–Crippen LogP) is 2.58. The summed E-state index contributed by atoms with van der Waals surface area (Å²) in [6.07, 6.45) is 5.85. The molecule has 0 bridgehead atoms. The fraction of sp³-hybridized carbons (Fsp3) is 0.520. The standard InChI is InChI=1S/C25H33N3O4/c1-4-14-26-23(30)18(3)28(16-19-10-6-5-9-17(19)2)22(29)13-15-27-24(31)20-11-7-8-12-21(20)25(27)32/h5-10,18,20-21H,4,11-16H2,1-3H3,(H,26,30)/t18-,20-,21+/m0/s1. The number of benzene rings is 1. The zero-order chi connectivity index (χ0) is 23.3. The molecule has 0 spiro atoms. The van der Waals surface area contributed by atoms with Gasteiger partial charge in [0.1, 0.15) is 6.04 Å². The molecule has 32 heavy (non-hydrogen) atoms. The highest BCUT2D eigenvalue weighted by Gasteiger charge is 2.47. The van der Waals surface area contributed by atoms with Crippen LogP contribution in [0.15, 0.2) is 36.4 Å². The van der Waals surface area contributed by atoms with E-state index in [9.17, 15) is 19.2 Å². The average molecular weight is 440 g/mol. The lowest BCUT2D eigenvalue weighted by Gasteiger charge is -2.30. The summed E-state index contributed by atoms with van der Waals surface area (Å²) in [7, 11) is 0. The highest BCUT2D eigenvalue weighted by atomic mass is 16.2. The van der Waals surface area contributed by atoms with E-state index < -0.39 is 6.04 Å². The molecule has 1 N–H and O–H groups in total. The van der Waals surface area contributed by atoms with Crippen molar-refractivity contribution < 1.29 is 19.2 Å². The van der Waals surface area contributed by atoms with Crippen molar-refractivity contribution in [3.05, 3.63) is 47.5 Å². The summed E-state index contributed by atoms with van der Waals surface area (Å²) in [5, 5.41) is 2.85. The quantitative estimate of drug-likeness (QED) is 0.473. The molecule has 1 aliphatic carbocycles. The first kappa shape index (κ1) is 23.7. The molecule has 1 aliphatic heterocycles. The Balaban J connectivity index is 1.71. The van der Waals surface area contributed by atoms with Crippen LogP contribution in [0.5, 0.6) is 0 Å². The van der Waals surface area contributed by atoms with Crippen LogP contribution in [-0.4, -0.2) is 52.6 Å². The highest BCUT2D eigenvalue weighted by Crippen LogP contribution is 2.35. The summed E-state index contributed by atoms with van der Waals surface area (Å²) in [6.45, 7) is 6.55. The molecule has 0 unspecified atom stereocenters. The van der Waals surface area contributed by atoms with Crippen LogP contribution in [0, 0.1) is 18.8 Å². The lowest BCUT2D eigenvalue weighted by molar-refractivity contribution is -0.143. The molecular formula is C25H33N3O4. The van der Waals surface area contributed by atoms with Gasteiger partial charge in [-0.3, -0.25) is 24.1 Å². The van der Waals surface area contributed by atoms with Crippen LogP contribution < -0.4 is 5.32 Å². The van der Waals surface area contributed by atoms with Crippen molar-refractivity contribution in [2.45, 2.75) is 59.0 Å². The maximum Gasteiger partial charge on any atom is 0.242 e. The van der Waals surface area contributed by atoms with Gasteiger partial charge in [0.25, 0.3) is 0 Å². The number of amides is 4. The normalized spacial score (nSPS) is 20.8. The molecule has 7 nitrogen and oxygen atoms in total. The maximum atomic E-state index is 13.2. The Morgan fingerprint density at radius 2 is 1.75 bits per heavy atom. The van der Waals surface area contributed by atoms with Gasteiger partial charge in [-0.05, 0) is 44.2 Å². The first-order valence-corrected chi connectivity index (χ1v) is 11.5. The van der Waals surface area contributed by atoms with Crippen LogP contribution in [-0.2, 0) is 25.7 Å². The molecule has 7 heteroatoms. The van der Waals surface area contributed by atoms with Crippen LogP contribution in [0.3, 0.4) is 0 Å². The van der Waals surface area contributed by atoms with E-state index in [1.54, 1.807) is 11.8 Å². The van der Waals surface area contributed by atoms with E-state index in [0.717, 1.165) is 17.5 Å². The zero-order valence-corrected chi connectivity index (χ0v) is 19.2. The minimum absolute atomic E-state index is 0.00161. The van der Waals surface area contributed by atoms with Gasteiger partial charge < -0.3 is 10.2 Å². The van der Waals surface area contributed by atoms with Crippen molar-refractivity contribution in [2.75, 3.05) is 13.1 Å². The molecular weight excluding hydrogens is 406 g/mol. The van der Waals surface area contributed by atoms with Gasteiger partial charge in [0.2, 0.25) is 23.6 Å². The van der Waals surface area contributed by atoms with E-state index in [1.807, 2.05) is 50.3 Å². The summed E-state index contributed by atoms with van der Waals surface area (Å²) in [6, 6.07) is 7.09. The highest BCUT2D eigenvalue weighted by molar-refractivity contribution is 6.05. The molecule has 1 aromatic carbocycles. The summed E-state index contributed by atoms with van der Waals surface area (Å²) < 4.78 is 0. The Hall–Kier alpha value is -2.96. The van der Waals surface area contributed by atoms with Crippen molar-refractivity contribution >= 4 is 23.6 Å². The molecule has 4 amide bonds. The maximum absolute atomic E-state index is 13.2. The predicted molar refractivity (Wildman–Crippen MR) is 121 cm³/mol. The number of hydrogen-bond donors (Lipinski definition) is 1. The van der Waals surface area contributed by atoms with Crippen molar-refractivity contribution in [3.8, 4) is 0 Å². The van der Waals surface area contributed by atoms with Gasteiger partial charge in [0.05, 0.1) is 11.8 Å². The third-order valence-electron chi connectivity index (χ3n) is 6.47. The fourth-order valence-electron chi connectivity index (χ4n) is 4.39. The van der Waals surface area contributed by atoms with E-state index in [1.165, 1.54) is 4.90 Å². The number of nitrogens with one attached hydrogen (secondary N) is 1. The number of fused-ring (bicyclic) bond motifs is 1. The van der Waals surface area contributed by atoms with Crippen LogP contribution in [0.2, 0.25) is 0 Å². The van der Waals surface area contributed by atoms with Crippen LogP contribution >= 0.6 is 0 Å². The number of aryl methyl sites for hydroxylation is 1. The van der Waals surface area contributed by atoms with Crippen LogP contribution in [0.4, 0.5) is 0 Å². The van der Waals surface area contributed by atoms with Crippen LogP contribution in [0.25, 0.3) is 0 Å². The minimum Gasteiger partial charge on any atom is -0.354 e. The lowest BCUT2D eigenvalue weighted by atomic mass is 9.85. The molecule has 3 rings (SSSR count). The first-order valence-electron chi connectivity index (χ1n) is 11.5. The zero-order valence-electron chi connectivity index (χ0n) is 19.2. The number of nitrogens with zero attached hydrogens (tertiary/aromatic N) is 2. The lowest BCUT2D eigenvalue weighted by Crippen LogP contribution is -2.48. The summed E-state index contributed by atoms with van der Waals surface area (Å²) in [5.74, 6) is -1.43. The number of rotatable bonds is 9. The van der Waals surface area contributed by atoms with E-state index in [-0.39, 0.29) is 48.4 Å². The van der Waals surface area contributed by atoms with Crippen molar-refractivity contribution in [2.24, 2.45) is 11.8 Å². The number of hydrogen-bond acceptors (Lipinski definition) is 4. The van der Waals surface area contributed by atoms with E-state index in [2.05, 4.69) is 5.32 Å². The molecule has 1 heterocycles. The van der Waals surface area contributed by atoms with Gasteiger partial charge in [0, 0.05) is 26.1 Å². The number of allylic oxidation sites excluding steroid dienone is 2. The van der Waals surface area contributed by atoms with Crippen molar-refractivity contribution in [1.29, 1.82) is 0 Å². The third kappa shape index (κ3) is 5.09. The molecule has 172 valence electrons. The van der Waals surface area contributed by atoms with Crippen LogP contribution in [0.1, 0.15) is 50.7 Å². The van der Waals surface area contributed by atoms with Crippen molar-refractivity contribution in [3.63, 3.8) is 0 Å². The minimum atomic E-state index is -0.662. The second kappa shape index (κ2) is 10.6. The Labute approximate surface area is 189 Å². The molecule has 1 fully saturated rings. The molecule has 0 radical (unpaired) electrons. The Morgan fingerprint density at radius 1 is 1.12 bits per heavy atom. The van der Waals surface area contributed by atoms with Gasteiger partial charge in [-0.2, -0.15) is 0 Å². The van der Waals surface area contributed by atoms with Gasteiger partial charge in [-0.15, -0.1) is 0 Å². The molecule has 3 atom stereocenters. The second-order valence-electron chi connectivity index (χ2n) is 8.65. The van der Waals surface area contributed by atoms with Gasteiger partial charge >= 0.3 is 0 Å². The third-order valence-corrected chi connectivity index (χ3v) is 6.47. The topological polar surface area (TPSA) is 86.8 Å². The summed E-state index contributed by atoms with van der Waals surface area (Å²) >= 11 is 0. The van der Waals surface area contributed by atoms with Crippen molar-refractivity contribution in [1.82, 2.24) is 15.1 Å². The Bertz CT molecular complexity index is 884.